The third kappa shape index (κ3) is 3.48. The summed E-state index contributed by atoms with van der Waals surface area (Å²) < 4.78 is 0. The Kier molecular flexibility index (Phi) is 5.07. The van der Waals surface area contributed by atoms with Gasteiger partial charge in [0.15, 0.2) is 0 Å². The van der Waals surface area contributed by atoms with E-state index in [1.165, 1.54) is 25.7 Å². The summed E-state index contributed by atoms with van der Waals surface area (Å²) in [7, 11) is 2.11. The summed E-state index contributed by atoms with van der Waals surface area (Å²) in [5.41, 5.74) is 6.19. The van der Waals surface area contributed by atoms with Crippen molar-refractivity contribution in [3.05, 3.63) is 0 Å². The minimum Gasteiger partial charge on any atom is -0.326 e. The van der Waals surface area contributed by atoms with Gasteiger partial charge < -0.3 is 5.73 Å². The van der Waals surface area contributed by atoms with Crippen molar-refractivity contribution in [2.24, 2.45) is 5.73 Å². The van der Waals surface area contributed by atoms with Crippen molar-refractivity contribution in [1.82, 2.24) is 4.90 Å². The molecule has 0 spiro atoms. The Morgan fingerprint density at radius 2 is 2.07 bits per heavy atom. The number of nitriles is 1. The van der Waals surface area contributed by atoms with Crippen molar-refractivity contribution in [2.45, 2.75) is 63.6 Å². The van der Waals surface area contributed by atoms with E-state index in [9.17, 15) is 0 Å². The van der Waals surface area contributed by atoms with Crippen molar-refractivity contribution in [3.63, 3.8) is 0 Å². The van der Waals surface area contributed by atoms with Gasteiger partial charge in [-0.15, -0.1) is 0 Å². The molecule has 1 fully saturated rings. The predicted octanol–water partition coefficient (Wildman–Crippen LogP) is 1.88. The quantitative estimate of drug-likeness (QED) is 0.722. The van der Waals surface area contributed by atoms with Gasteiger partial charge in [0.25, 0.3) is 0 Å². The lowest BCUT2D eigenvalue weighted by Gasteiger charge is -2.35. The smallest absolute Gasteiger partial charge is 0.0638 e. The monoisotopic (exact) mass is 209 g/mol. The molecule has 1 rings (SSSR count). The second-order valence-corrected chi connectivity index (χ2v) is 4.75. The van der Waals surface area contributed by atoms with Gasteiger partial charge in [-0.05, 0) is 26.8 Å². The van der Waals surface area contributed by atoms with Crippen molar-refractivity contribution in [1.29, 1.82) is 5.26 Å². The number of nitrogens with two attached hydrogens (primary N) is 1. The van der Waals surface area contributed by atoms with Crippen LogP contribution in [0, 0.1) is 11.3 Å². The lowest BCUT2D eigenvalue weighted by molar-refractivity contribution is 0.154. The Labute approximate surface area is 93.2 Å². The van der Waals surface area contributed by atoms with Gasteiger partial charge in [0.1, 0.15) is 0 Å². The Hall–Kier alpha value is -0.590. The highest BCUT2D eigenvalue weighted by molar-refractivity contribution is 4.88. The van der Waals surface area contributed by atoms with E-state index in [4.69, 9.17) is 11.0 Å². The number of hydrogen-bond acceptors (Lipinski definition) is 3. The molecule has 3 unspecified atom stereocenters. The maximum absolute atomic E-state index is 8.70. The molecule has 0 aromatic heterocycles. The molecular formula is C12H23N3. The lowest BCUT2D eigenvalue weighted by Crippen LogP contribution is -2.48. The molecule has 1 aliphatic rings. The first kappa shape index (κ1) is 12.5. The van der Waals surface area contributed by atoms with Crippen LogP contribution < -0.4 is 5.73 Å². The fourth-order valence-electron chi connectivity index (χ4n) is 2.43. The molecule has 0 aromatic carbocycles. The first-order chi connectivity index (χ1) is 7.16. The molecule has 2 N–H and O–H groups in total. The Bertz CT molecular complexity index is 221. The summed E-state index contributed by atoms with van der Waals surface area (Å²) in [6.45, 7) is 2.11. The van der Waals surface area contributed by atoms with Gasteiger partial charge in [-0.2, -0.15) is 5.26 Å². The lowest BCUT2D eigenvalue weighted by atomic mass is 10.0. The maximum atomic E-state index is 8.70. The van der Waals surface area contributed by atoms with E-state index in [2.05, 4.69) is 24.9 Å². The second kappa shape index (κ2) is 6.09. The zero-order valence-corrected chi connectivity index (χ0v) is 9.95. The van der Waals surface area contributed by atoms with E-state index in [0.717, 1.165) is 6.42 Å². The SMILES string of the molecule is CC(CC#N)N(C)C1CCCCCC1N. The minimum atomic E-state index is 0.290. The van der Waals surface area contributed by atoms with E-state index in [-0.39, 0.29) is 0 Å². The average Bonchev–Trinajstić information content (AvgIpc) is 2.42. The van der Waals surface area contributed by atoms with Crippen LogP contribution in [0.2, 0.25) is 0 Å². The highest BCUT2D eigenvalue weighted by Gasteiger charge is 2.26. The van der Waals surface area contributed by atoms with E-state index in [1.54, 1.807) is 0 Å². The molecule has 3 atom stereocenters. The van der Waals surface area contributed by atoms with Crippen molar-refractivity contribution >= 4 is 0 Å². The molecule has 0 saturated heterocycles. The van der Waals surface area contributed by atoms with Crippen LogP contribution >= 0.6 is 0 Å². The van der Waals surface area contributed by atoms with Crippen molar-refractivity contribution in [2.75, 3.05) is 7.05 Å². The summed E-state index contributed by atoms with van der Waals surface area (Å²) in [5, 5.41) is 8.70. The summed E-state index contributed by atoms with van der Waals surface area (Å²) >= 11 is 0. The third-order valence-electron chi connectivity index (χ3n) is 3.64. The second-order valence-electron chi connectivity index (χ2n) is 4.75. The molecule has 0 radical (unpaired) electrons. The first-order valence-electron chi connectivity index (χ1n) is 6.01. The molecule has 0 bridgehead atoms. The van der Waals surface area contributed by atoms with E-state index in [0.29, 0.717) is 24.5 Å². The van der Waals surface area contributed by atoms with E-state index < -0.39 is 0 Å². The summed E-state index contributed by atoms with van der Waals surface area (Å²) in [6.07, 6.45) is 6.77. The molecule has 15 heavy (non-hydrogen) atoms. The molecule has 86 valence electrons. The van der Waals surface area contributed by atoms with Crippen LogP contribution in [0.1, 0.15) is 45.4 Å². The van der Waals surface area contributed by atoms with Gasteiger partial charge in [0.05, 0.1) is 12.5 Å². The van der Waals surface area contributed by atoms with Gasteiger partial charge in [-0.25, -0.2) is 0 Å². The molecule has 1 aliphatic carbocycles. The fourth-order valence-corrected chi connectivity index (χ4v) is 2.43. The number of rotatable bonds is 3. The summed E-state index contributed by atoms with van der Waals surface area (Å²) in [4.78, 5) is 2.30. The van der Waals surface area contributed by atoms with E-state index >= 15 is 0 Å². The largest absolute Gasteiger partial charge is 0.326 e. The normalized spacial score (nSPS) is 29.5. The molecular weight excluding hydrogens is 186 g/mol. The average molecular weight is 209 g/mol. The summed E-state index contributed by atoms with van der Waals surface area (Å²) in [6, 6.07) is 3.32. The van der Waals surface area contributed by atoms with Crippen LogP contribution in [-0.4, -0.2) is 30.1 Å². The van der Waals surface area contributed by atoms with Crippen LogP contribution in [-0.2, 0) is 0 Å². The van der Waals surface area contributed by atoms with Crippen LogP contribution in [0.15, 0.2) is 0 Å². The maximum Gasteiger partial charge on any atom is 0.0638 e. The highest BCUT2D eigenvalue weighted by Crippen LogP contribution is 2.22. The van der Waals surface area contributed by atoms with Gasteiger partial charge in [0.2, 0.25) is 0 Å². The third-order valence-corrected chi connectivity index (χ3v) is 3.64. The number of nitrogens with zero attached hydrogens (tertiary/aromatic N) is 2. The highest BCUT2D eigenvalue weighted by atomic mass is 15.2. The zero-order valence-electron chi connectivity index (χ0n) is 9.95. The van der Waals surface area contributed by atoms with Gasteiger partial charge in [0, 0.05) is 18.1 Å². The zero-order chi connectivity index (χ0) is 11.3. The topological polar surface area (TPSA) is 53.0 Å². The van der Waals surface area contributed by atoms with Crippen LogP contribution in [0.4, 0.5) is 0 Å². The summed E-state index contributed by atoms with van der Waals surface area (Å²) in [5.74, 6) is 0. The number of likely N-dealkylation sites (N-methyl/N-ethyl adjacent to an activating group) is 1. The Morgan fingerprint density at radius 3 is 2.73 bits per heavy atom. The number of hydrogen-bond donors (Lipinski definition) is 1. The van der Waals surface area contributed by atoms with Crippen LogP contribution in [0.3, 0.4) is 0 Å². The minimum absolute atomic E-state index is 0.290. The molecule has 3 heteroatoms. The standard InChI is InChI=1S/C12H23N3/c1-10(8-9-13)15(2)12-7-5-3-4-6-11(12)14/h10-12H,3-8,14H2,1-2H3. The van der Waals surface area contributed by atoms with Crippen molar-refractivity contribution < 1.29 is 0 Å². The van der Waals surface area contributed by atoms with Crippen LogP contribution in [0.25, 0.3) is 0 Å². The molecule has 0 amide bonds. The molecule has 0 aromatic rings. The fraction of sp³-hybridized carbons (Fsp3) is 0.917. The Morgan fingerprint density at radius 1 is 1.40 bits per heavy atom. The predicted molar refractivity (Wildman–Crippen MR) is 62.3 cm³/mol. The molecule has 0 aliphatic heterocycles. The van der Waals surface area contributed by atoms with Crippen LogP contribution in [0.5, 0.6) is 0 Å². The molecule has 1 saturated carbocycles. The Balaban J connectivity index is 2.55. The van der Waals surface area contributed by atoms with Gasteiger partial charge in [-0.3, -0.25) is 4.90 Å². The van der Waals surface area contributed by atoms with Crippen molar-refractivity contribution in [3.8, 4) is 6.07 Å². The van der Waals surface area contributed by atoms with Gasteiger partial charge >= 0.3 is 0 Å². The first-order valence-corrected chi connectivity index (χ1v) is 6.01. The van der Waals surface area contributed by atoms with Gasteiger partial charge in [-0.1, -0.05) is 19.3 Å². The molecule has 3 nitrogen and oxygen atoms in total. The van der Waals surface area contributed by atoms with E-state index in [1.807, 2.05) is 0 Å². The molecule has 0 heterocycles.